The molecule has 0 saturated heterocycles. The lowest BCUT2D eigenvalue weighted by molar-refractivity contribution is -0.120. The summed E-state index contributed by atoms with van der Waals surface area (Å²) in [7, 11) is 0. The van der Waals surface area contributed by atoms with Gasteiger partial charge in [-0.25, -0.2) is 4.90 Å². The minimum atomic E-state index is -0.269. The van der Waals surface area contributed by atoms with Gasteiger partial charge in [0.1, 0.15) is 5.70 Å². The SMILES string of the molecule is CCN(CCc1ccncc1)C1=C(c2ccc(C)cc2)C(=O)N(c2cccc(C)c2C)C1=O. The average Bonchev–Trinajstić information content (AvgIpc) is 3.07. The summed E-state index contributed by atoms with van der Waals surface area (Å²) in [5.74, 6) is -0.532. The molecule has 0 radical (unpaired) electrons. The van der Waals surface area contributed by atoms with Gasteiger partial charge in [-0.05, 0) is 74.6 Å². The maximum Gasteiger partial charge on any atom is 0.282 e. The smallest absolute Gasteiger partial charge is 0.282 e. The molecule has 3 aromatic rings. The van der Waals surface area contributed by atoms with Gasteiger partial charge in [0.15, 0.2) is 0 Å². The van der Waals surface area contributed by atoms with Crippen molar-refractivity contribution in [1.29, 1.82) is 0 Å². The van der Waals surface area contributed by atoms with E-state index in [4.69, 9.17) is 0 Å². The number of hydrogen-bond acceptors (Lipinski definition) is 4. The molecule has 0 N–H and O–H groups in total. The van der Waals surface area contributed by atoms with E-state index in [0.29, 0.717) is 30.0 Å². The van der Waals surface area contributed by atoms with E-state index in [1.807, 2.05) is 87.2 Å². The molecule has 0 atom stereocenters. The van der Waals surface area contributed by atoms with Gasteiger partial charge in [-0.3, -0.25) is 14.6 Å². The molecule has 1 aliphatic rings. The molecule has 0 fully saturated rings. The number of aromatic nitrogens is 1. The Labute approximate surface area is 195 Å². The van der Waals surface area contributed by atoms with Crippen LogP contribution in [0.3, 0.4) is 0 Å². The van der Waals surface area contributed by atoms with Crippen molar-refractivity contribution in [2.75, 3.05) is 18.0 Å². The Morgan fingerprint density at radius 2 is 1.58 bits per heavy atom. The zero-order valence-electron chi connectivity index (χ0n) is 19.6. The minimum absolute atomic E-state index is 0.263. The molecule has 2 amide bonds. The highest BCUT2D eigenvalue weighted by molar-refractivity contribution is 6.45. The van der Waals surface area contributed by atoms with Gasteiger partial charge < -0.3 is 4.90 Å². The predicted octanol–water partition coefficient (Wildman–Crippen LogP) is 4.86. The van der Waals surface area contributed by atoms with Crippen LogP contribution in [-0.4, -0.2) is 34.8 Å². The quantitative estimate of drug-likeness (QED) is 0.494. The molecule has 0 aliphatic carbocycles. The van der Waals surface area contributed by atoms with Gasteiger partial charge in [-0.2, -0.15) is 0 Å². The van der Waals surface area contributed by atoms with Crippen LogP contribution < -0.4 is 4.90 Å². The number of imide groups is 1. The average molecular weight is 440 g/mol. The normalized spacial score (nSPS) is 13.8. The molecule has 168 valence electrons. The minimum Gasteiger partial charge on any atom is -0.366 e. The number of hydrogen-bond donors (Lipinski definition) is 0. The van der Waals surface area contributed by atoms with Crippen molar-refractivity contribution in [2.24, 2.45) is 0 Å². The lowest BCUT2D eigenvalue weighted by Crippen LogP contribution is -2.36. The van der Waals surface area contributed by atoms with E-state index in [0.717, 1.165) is 34.2 Å². The van der Waals surface area contributed by atoms with E-state index < -0.39 is 0 Å². The second-order valence-electron chi connectivity index (χ2n) is 8.44. The van der Waals surface area contributed by atoms with E-state index in [-0.39, 0.29) is 11.8 Å². The first-order valence-corrected chi connectivity index (χ1v) is 11.3. The summed E-state index contributed by atoms with van der Waals surface area (Å²) in [6, 6.07) is 17.5. The lowest BCUT2D eigenvalue weighted by atomic mass is 10.0. The first-order chi connectivity index (χ1) is 15.9. The Hall–Kier alpha value is -3.73. The van der Waals surface area contributed by atoms with Crippen LogP contribution in [-0.2, 0) is 16.0 Å². The van der Waals surface area contributed by atoms with Gasteiger partial charge >= 0.3 is 0 Å². The van der Waals surface area contributed by atoms with Crippen LogP contribution >= 0.6 is 0 Å². The van der Waals surface area contributed by atoms with Crippen LogP contribution in [0.4, 0.5) is 5.69 Å². The van der Waals surface area contributed by atoms with E-state index in [1.54, 1.807) is 12.4 Å². The molecular formula is C28H29N3O2. The Bertz CT molecular complexity index is 1210. The van der Waals surface area contributed by atoms with Gasteiger partial charge in [0, 0.05) is 25.5 Å². The molecule has 0 saturated carbocycles. The number of nitrogens with zero attached hydrogens (tertiary/aromatic N) is 3. The van der Waals surface area contributed by atoms with Crippen molar-refractivity contribution in [3.8, 4) is 0 Å². The van der Waals surface area contributed by atoms with Crippen molar-refractivity contribution in [1.82, 2.24) is 9.88 Å². The predicted molar refractivity (Wildman–Crippen MR) is 132 cm³/mol. The van der Waals surface area contributed by atoms with E-state index >= 15 is 0 Å². The summed E-state index contributed by atoms with van der Waals surface area (Å²) in [6.07, 6.45) is 4.30. The van der Waals surface area contributed by atoms with Crippen LogP contribution in [0.15, 0.2) is 72.7 Å². The van der Waals surface area contributed by atoms with Gasteiger partial charge in [-0.15, -0.1) is 0 Å². The molecular weight excluding hydrogens is 410 g/mol. The first kappa shape index (κ1) is 22.5. The molecule has 0 unspecified atom stereocenters. The fourth-order valence-corrected chi connectivity index (χ4v) is 4.23. The maximum absolute atomic E-state index is 13.8. The summed E-state index contributed by atoms with van der Waals surface area (Å²) in [5, 5.41) is 0. The molecule has 33 heavy (non-hydrogen) atoms. The van der Waals surface area contributed by atoms with Crippen molar-refractivity contribution in [3.63, 3.8) is 0 Å². The Morgan fingerprint density at radius 1 is 0.879 bits per heavy atom. The standard InChI is InChI=1S/C28H29N3O2/c1-5-30(18-15-22-13-16-29-17-14-22)26-25(23-11-9-19(2)10-12-23)27(32)31(28(26)33)24-8-6-7-20(3)21(24)4/h6-14,16-17H,5,15,18H2,1-4H3. The Balaban J connectivity index is 1.79. The Kier molecular flexibility index (Phi) is 6.40. The third-order valence-corrected chi connectivity index (χ3v) is 6.33. The monoisotopic (exact) mass is 439 g/mol. The second kappa shape index (κ2) is 9.41. The molecule has 2 heterocycles. The maximum atomic E-state index is 13.8. The summed E-state index contributed by atoms with van der Waals surface area (Å²) >= 11 is 0. The number of aryl methyl sites for hydroxylation is 2. The summed E-state index contributed by atoms with van der Waals surface area (Å²) < 4.78 is 0. The van der Waals surface area contributed by atoms with Crippen LogP contribution in [0.25, 0.3) is 5.57 Å². The lowest BCUT2D eigenvalue weighted by Gasteiger charge is -2.25. The highest BCUT2D eigenvalue weighted by Crippen LogP contribution is 2.36. The topological polar surface area (TPSA) is 53.5 Å². The number of carbonyl (C=O) groups is 2. The first-order valence-electron chi connectivity index (χ1n) is 11.3. The molecule has 1 aromatic heterocycles. The molecule has 5 nitrogen and oxygen atoms in total. The van der Waals surface area contributed by atoms with Crippen molar-refractivity contribution < 1.29 is 9.59 Å². The molecule has 5 heteroatoms. The molecule has 2 aromatic carbocycles. The number of rotatable bonds is 7. The van der Waals surface area contributed by atoms with Crippen LogP contribution in [0.5, 0.6) is 0 Å². The van der Waals surface area contributed by atoms with Crippen molar-refractivity contribution >= 4 is 23.1 Å². The largest absolute Gasteiger partial charge is 0.366 e. The zero-order chi connectivity index (χ0) is 23.5. The van der Waals surface area contributed by atoms with Gasteiger partial charge in [0.25, 0.3) is 11.8 Å². The number of likely N-dealkylation sites (N-methyl/N-ethyl adjacent to an activating group) is 1. The summed E-state index contributed by atoms with van der Waals surface area (Å²) in [4.78, 5) is 35.1. The van der Waals surface area contributed by atoms with Crippen molar-refractivity contribution in [2.45, 2.75) is 34.1 Å². The van der Waals surface area contributed by atoms with Gasteiger partial charge in [0.2, 0.25) is 0 Å². The number of anilines is 1. The molecule has 0 bridgehead atoms. The highest BCUT2D eigenvalue weighted by atomic mass is 16.2. The summed E-state index contributed by atoms with van der Waals surface area (Å²) in [6.45, 7) is 9.23. The van der Waals surface area contributed by atoms with E-state index in [9.17, 15) is 9.59 Å². The van der Waals surface area contributed by atoms with Gasteiger partial charge in [0.05, 0.1) is 11.3 Å². The second-order valence-corrected chi connectivity index (χ2v) is 8.44. The number of benzene rings is 2. The highest BCUT2D eigenvalue weighted by Gasteiger charge is 2.42. The fourth-order valence-electron chi connectivity index (χ4n) is 4.23. The molecule has 0 spiro atoms. The number of pyridine rings is 1. The summed E-state index contributed by atoms with van der Waals surface area (Å²) in [5.41, 5.74) is 6.59. The molecule has 4 rings (SSSR count). The third kappa shape index (κ3) is 4.31. The fraction of sp³-hybridized carbons (Fsp3) is 0.250. The Morgan fingerprint density at radius 3 is 2.24 bits per heavy atom. The van der Waals surface area contributed by atoms with Crippen molar-refractivity contribution in [3.05, 3.63) is 101 Å². The third-order valence-electron chi connectivity index (χ3n) is 6.33. The van der Waals surface area contributed by atoms with E-state index in [2.05, 4.69) is 4.98 Å². The van der Waals surface area contributed by atoms with Gasteiger partial charge in [-0.1, -0.05) is 42.0 Å². The van der Waals surface area contributed by atoms with E-state index in [1.165, 1.54) is 4.90 Å². The number of amides is 2. The van der Waals surface area contributed by atoms with Crippen LogP contribution in [0.2, 0.25) is 0 Å². The van der Waals surface area contributed by atoms with Crippen LogP contribution in [0.1, 0.15) is 34.7 Å². The zero-order valence-corrected chi connectivity index (χ0v) is 19.6. The molecule has 1 aliphatic heterocycles. The number of carbonyl (C=O) groups excluding carboxylic acids is 2. The van der Waals surface area contributed by atoms with Crippen LogP contribution in [0, 0.1) is 20.8 Å².